The molecule has 0 radical (unpaired) electrons. The van der Waals surface area contributed by atoms with E-state index in [2.05, 4.69) is 9.98 Å². The van der Waals surface area contributed by atoms with E-state index in [1.54, 1.807) is 37.3 Å². The van der Waals surface area contributed by atoms with Crippen LogP contribution in [0.2, 0.25) is 0 Å². The molecule has 1 amide bonds. The second kappa shape index (κ2) is 9.61. The van der Waals surface area contributed by atoms with Gasteiger partial charge >= 0.3 is 5.97 Å². The number of carbonyl (C=O) groups excluding carboxylic acids is 2. The summed E-state index contributed by atoms with van der Waals surface area (Å²) in [4.78, 5) is 47.9. The molecule has 0 spiro atoms. The van der Waals surface area contributed by atoms with Crippen LogP contribution in [-0.2, 0) is 11.3 Å². The summed E-state index contributed by atoms with van der Waals surface area (Å²) in [5.41, 5.74) is -1.59. The van der Waals surface area contributed by atoms with Crippen molar-refractivity contribution in [2.45, 2.75) is 13.5 Å². The Morgan fingerprint density at radius 1 is 1.08 bits per heavy atom. The smallest absolute Gasteiger partial charge is 0.341 e. The van der Waals surface area contributed by atoms with Gasteiger partial charge in [-0.2, -0.15) is 4.99 Å². The molecule has 186 valence electrons. The van der Waals surface area contributed by atoms with Gasteiger partial charge in [0, 0.05) is 6.20 Å². The van der Waals surface area contributed by atoms with Crippen LogP contribution < -0.4 is 11.0 Å². The number of benzene rings is 1. The summed E-state index contributed by atoms with van der Waals surface area (Å²) in [7, 11) is 0. The number of hydrogen-bond donors (Lipinski definition) is 0. The lowest BCUT2D eigenvalue weighted by Crippen LogP contribution is -2.33. The molecule has 11 heteroatoms. The van der Waals surface area contributed by atoms with Crippen LogP contribution in [0.15, 0.2) is 81.3 Å². The van der Waals surface area contributed by atoms with Gasteiger partial charge in [0.1, 0.15) is 39.8 Å². The topological polar surface area (TPSA) is 108 Å². The summed E-state index contributed by atoms with van der Waals surface area (Å²) in [5, 5.41) is 0.0294. The molecular weight excluding hydrogens is 486 g/mol. The lowest BCUT2D eigenvalue weighted by molar-refractivity contribution is 0.0523. The van der Waals surface area contributed by atoms with Crippen molar-refractivity contribution in [1.29, 1.82) is 0 Å². The highest BCUT2D eigenvalue weighted by Crippen LogP contribution is 2.16. The lowest BCUT2D eigenvalue weighted by atomic mass is 10.1. The third kappa shape index (κ3) is 4.31. The minimum absolute atomic E-state index is 0.0145. The third-order valence-electron chi connectivity index (χ3n) is 5.56. The first-order chi connectivity index (χ1) is 17.9. The molecule has 0 aliphatic rings. The average molecular weight is 504 g/mol. The van der Waals surface area contributed by atoms with Crippen molar-refractivity contribution in [2.75, 3.05) is 6.61 Å². The summed E-state index contributed by atoms with van der Waals surface area (Å²) in [6, 6.07) is 12.4. The Morgan fingerprint density at radius 3 is 2.57 bits per heavy atom. The zero-order chi connectivity index (χ0) is 26.1. The molecule has 0 atom stereocenters. The highest BCUT2D eigenvalue weighted by Gasteiger charge is 2.23. The zero-order valence-corrected chi connectivity index (χ0v) is 19.4. The number of aromatic nitrogens is 3. The Bertz CT molecular complexity index is 1790. The minimum atomic E-state index is -1.27. The summed E-state index contributed by atoms with van der Waals surface area (Å²) in [5.74, 6) is -4.02. The Balaban J connectivity index is 1.92. The van der Waals surface area contributed by atoms with E-state index in [0.29, 0.717) is 5.76 Å². The molecule has 4 heterocycles. The molecular formula is C26H18F2N4O5. The number of rotatable bonds is 5. The number of nitrogens with zero attached hydrogens (tertiary/aromatic N) is 4. The summed E-state index contributed by atoms with van der Waals surface area (Å²) in [6.07, 6.45) is 2.94. The van der Waals surface area contributed by atoms with Gasteiger partial charge in [-0.3, -0.25) is 14.0 Å². The standard InChI is InChI=1S/C26H18F2N4O5/c1-2-36-26(35)17-13-16-22(29-20-10-3-4-11-31(20)25(16)34)32(14-15-7-6-12-37-15)23(17)30-24(33)21-18(27)8-5-9-19(21)28/h3-13H,2,14H2,1H3. The van der Waals surface area contributed by atoms with Gasteiger partial charge in [-0.25, -0.2) is 18.6 Å². The maximum absolute atomic E-state index is 14.4. The molecule has 0 unspecified atom stereocenters. The minimum Gasteiger partial charge on any atom is -0.467 e. The predicted octanol–water partition coefficient (Wildman–Crippen LogP) is 3.49. The van der Waals surface area contributed by atoms with Crippen LogP contribution in [0.4, 0.5) is 8.78 Å². The summed E-state index contributed by atoms with van der Waals surface area (Å²) >= 11 is 0. The molecule has 0 saturated heterocycles. The van der Waals surface area contributed by atoms with Gasteiger partial charge in [-0.05, 0) is 49.4 Å². The number of fused-ring (bicyclic) bond motifs is 2. The van der Waals surface area contributed by atoms with Gasteiger partial charge in [0.2, 0.25) is 0 Å². The molecule has 0 aliphatic heterocycles. The summed E-state index contributed by atoms with van der Waals surface area (Å²) < 4.78 is 42.0. The molecule has 5 rings (SSSR count). The van der Waals surface area contributed by atoms with Gasteiger partial charge in [0.05, 0.1) is 24.8 Å². The number of furan rings is 1. The normalized spacial score (nSPS) is 11.8. The van der Waals surface area contributed by atoms with E-state index in [4.69, 9.17) is 9.15 Å². The number of esters is 1. The maximum Gasteiger partial charge on any atom is 0.341 e. The first-order valence-corrected chi connectivity index (χ1v) is 11.2. The van der Waals surface area contributed by atoms with Gasteiger partial charge < -0.3 is 13.7 Å². The quantitative estimate of drug-likeness (QED) is 0.268. The van der Waals surface area contributed by atoms with Crippen LogP contribution >= 0.6 is 0 Å². The molecule has 0 N–H and O–H groups in total. The van der Waals surface area contributed by atoms with Crippen molar-refractivity contribution in [3.63, 3.8) is 0 Å². The van der Waals surface area contributed by atoms with Crippen molar-refractivity contribution in [1.82, 2.24) is 14.0 Å². The van der Waals surface area contributed by atoms with Crippen molar-refractivity contribution >= 4 is 28.6 Å². The second-order valence-electron chi connectivity index (χ2n) is 7.86. The fourth-order valence-electron chi connectivity index (χ4n) is 3.92. The molecule has 5 aromatic rings. The Morgan fingerprint density at radius 2 is 1.86 bits per heavy atom. The zero-order valence-electron chi connectivity index (χ0n) is 19.4. The first-order valence-electron chi connectivity index (χ1n) is 11.2. The van der Waals surface area contributed by atoms with Crippen LogP contribution in [0, 0.1) is 11.6 Å². The van der Waals surface area contributed by atoms with E-state index in [0.717, 1.165) is 18.2 Å². The molecule has 9 nitrogen and oxygen atoms in total. The molecule has 4 aromatic heterocycles. The molecule has 37 heavy (non-hydrogen) atoms. The van der Waals surface area contributed by atoms with Crippen molar-refractivity contribution in [3.8, 4) is 0 Å². The van der Waals surface area contributed by atoms with Gasteiger partial charge in [-0.15, -0.1) is 0 Å². The Kier molecular flexibility index (Phi) is 6.18. The molecule has 0 aliphatic carbocycles. The first kappa shape index (κ1) is 23.8. The lowest BCUT2D eigenvalue weighted by Gasteiger charge is -2.14. The molecule has 0 bridgehead atoms. The van der Waals surface area contributed by atoms with Crippen molar-refractivity contribution in [2.24, 2.45) is 4.99 Å². The largest absolute Gasteiger partial charge is 0.467 e. The summed E-state index contributed by atoms with van der Waals surface area (Å²) in [6.45, 7) is 1.45. The highest BCUT2D eigenvalue weighted by atomic mass is 19.1. The Hall–Kier alpha value is -4.93. The number of hydrogen-bond acceptors (Lipinski definition) is 6. The number of pyridine rings is 2. The van der Waals surface area contributed by atoms with Crippen molar-refractivity contribution < 1.29 is 27.5 Å². The van der Waals surface area contributed by atoms with Crippen molar-refractivity contribution in [3.05, 3.63) is 111 Å². The maximum atomic E-state index is 14.4. The predicted molar refractivity (Wildman–Crippen MR) is 127 cm³/mol. The molecule has 0 saturated carbocycles. The van der Waals surface area contributed by atoms with Crippen LogP contribution in [0.25, 0.3) is 16.7 Å². The fraction of sp³-hybridized carbons (Fsp3) is 0.115. The van der Waals surface area contributed by atoms with E-state index in [-0.39, 0.29) is 40.9 Å². The highest BCUT2D eigenvalue weighted by molar-refractivity contribution is 5.97. The Labute approximate surface area is 206 Å². The number of amides is 1. The number of carbonyl (C=O) groups is 2. The van der Waals surface area contributed by atoms with E-state index >= 15 is 0 Å². The number of halogens is 2. The fourth-order valence-corrected chi connectivity index (χ4v) is 3.92. The van der Waals surface area contributed by atoms with Crippen LogP contribution in [0.3, 0.4) is 0 Å². The average Bonchev–Trinajstić information content (AvgIpc) is 3.39. The van der Waals surface area contributed by atoms with Gasteiger partial charge in [-0.1, -0.05) is 12.1 Å². The van der Waals surface area contributed by atoms with Crippen LogP contribution in [0.1, 0.15) is 33.4 Å². The SMILES string of the molecule is CCOC(=O)c1cc2c(=O)n3ccccc3nc2n(Cc2ccco2)c1=NC(=O)c1c(F)cccc1F. The van der Waals surface area contributed by atoms with Gasteiger partial charge in [0.25, 0.3) is 11.5 Å². The monoisotopic (exact) mass is 504 g/mol. The van der Waals surface area contributed by atoms with E-state index < -0.39 is 34.6 Å². The number of ether oxygens (including phenoxy) is 1. The second-order valence-corrected chi connectivity index (χ2v) is 7.86. The molecule has 0 fully saturated rings. The van der Waals surface area contributed by atoms with Crippen LogP contribution in [-0.4, -0.2) is 32.4 Å². The van der Waals surface area contributed by atoms with Crippen LogP contribution in [0.5, 0.6) is 0 Å². The van der Waals surface area contributed by atoms with Gasteiger partial charge in [0.15, 0.2) is 5.49 Å². The van der Waals surface area contributed by atoms with E-state index in [1.165, 1.54) is 27.5 Å². The molecule has 1 aromatic carbocycles. The van der Waals surface area contributed by atoms with E-state index in [1.807, 2.05) is 0 Å². The van der Waals surface area contributed by atoms with E-state index in [9.17, 15) is 23.2 Å². The third-order valence-corrected chi connectivity index (χ3v) is 5.56.